The largest absolute Gasteiger partial charge is 0.329 e. The average molecular weight is 247 g/mol. The van der Waals surface area contributed by atoms with Crippen molar-refractivity contribution in [3.8, 4) is 0 Å². The van der Waals surface area contributed by atoms with Crippen LogP contribution in [0, 0.1) is 13.8 Å². The fourth-order valence-electron chi connectivity index (χ4n) is 1.77. The first-order valence-corrected chi connectivity index (χ1v) is 6.51. The van der Waals surface area contributed by atoms with Crippen molar-refractivity contribution in [2.75, 3.05) is 6.54 Å². The molecule has 0 aliphatic heterocycles. The Labute approximate surface area is 106 Å². The number of aromatic nitrogens is 2. The van der Waals surface area contributed by atoms with Crippen molar-refractivity contribution >= 4 is 11.8 Å². The highest BCUT2D eigenvalue weighted by Crippen LogP contribution is 2.32. The predicted molar refractivity (Wildman–Crippen MR) is 71.3 cm³/mol. The SMILES string of the molecule is Cc1nn(CCN)c(C)c1Sc1ccccc1. The summed E-state index contributed by atoms with van der Waals surface area (Å²) in [5.41, 5.74) is 7.84. The molecule has 0 bridgehead atoms. The molecule has 2 rings (SSSR count). The fourth-order valence-corrected chi connectivity index (χ4v) is 2.75. The number of hydrogen-bond donors (Lipinski definition) is 1. The van der Waals surface area contributed by atoms with Crippen LogP contribution >= 0.6 is 11.8 Å². The number of rotatable bonds is 4. The third kappa shape index (κ3) is 2.70. The number of benzene rings is 1. The van der Waals surface area contributed by atoms with Crippen LogP contribution in [0.2, 0.25) is 0 Å². The number of aryl methyl sites for hydroxylation is 1. The van der Waals surface area contributed by atoms with Crippen molar-refractivity contribution in [1.82, 2.24) is 9.78 Å². The molecule has 1 heterocycles. The summed E-state index contributed by atoms with van der Waals surface area (Å²) in [6.45, 7) is 5.55. The summed E-state index contributed by atoms with van der Waals surface area (Å²) in [7, 11) is 0. The van der Waals surface area contributed by atoms with E-state index in [0.717, 1.165) is 12.2 Å². The fraction of sp³-hybridized carbons (Fsp3) is 0.308. The zero-order valence-electron chi connectivity index (χ0n) is 10.2. The summed E-state index contributed by atoms with van der Waals surface area (Å²) in [5.74, 6) is 0. The maximum atomic E-state index is 5.57. The van der Waals surface area contributed by atoms with Gasteiger partial charge < -0.3 is 5.73 Å². The first-order valence-electron chi connectivity index (χ1n) is 5.69. The van der Waals surface area contributed by atoms with E-state index in [9.17, 15) is 0 Å². The van der Waals surface area contributed by atoms with Gasteiger partial charge >= 0.3 is 0 Å². The van der Waals surface area contributed by atoms with Gasteiger partial charge in [0.25, 0.3) is 0 Å². The number of nitrogens with zero attached hydrogens (tertiary/aromatic N) is 2. The summed E-state index contributed by atoms with van der Waals surface area (Å²) >= 11 is 1.76. The monoisotopic (exact) mass is 247 g/mol. The maximum Gasteiger partial charge on any atom is 0.0735 e. The van der Waals surface area contributed by atoms with Gasteiger partial charge in [-0.2, -0.15) is 5.10 Å². The van der Waals surface area contributed by atoms with Gasteiger partial charge in [-0.1, -0.05) is 30.0 Å². The molecular weight excluding hydrogens is 230 g/mol. The molecule has 0 saturated heterocycles. The molecule has 0 aliphatic rings. The second-order valence-electron chi connectivity index (χ2n) is 3.93. The summed E-state index contributed by atoms with van der Waals surface area (Å²) < 4.78 is 1.99. The quantitative estimate of drug-likeness (QED) is 0.903. The van der Waals surface area contributed by atoms with Crippen LogP contribution in [0.3, 0.4) is 0 Å². The Hall–Kier alpha value is -1.26. The van der Waals surface area contributed by atoms with Gasteiger partial charge in [-0.3, -0.25) is 4.68 Å². The molecule has 0 amide bonds. The molecule has 17 heavy (non-hydrogen) atoms. The van der Waals surface area contributed by atoms with Gasteiger partial charge in [0.05, 0.1) is 17.1 Å². The highest BCUT2D eigenvalue weighted by Gasteiger charge is 2.11. The topological polar surface area (TPSA) is 43.8 Å². The molecule has 0 fully saturated rings. The minimum Gasteiger partial charge on any atom is -0.329 e. The smallest absolute Gasteiger partial charge is 0.0735 e. The van der Waals surface area contributed by atoms with E-state index in [1.165, 1.54) is 15.5 Å². The van der Waals surface area contributed by atoms with E-state index in [2.05, 4.69) is 36.3 Å². The summed E-state index contributed by atoms with van der Waals surface area (Å²) in [5, 5.41) is 4.51. The van der Waals surface area contributed by atoms with Gasteiger partial charge in [0.2, 0.25) is 0 Å². The molecule has 0 atom stereocenters. The van der Waals surface area contributed by atoms with E-state index in [1.54, 1.807) is 11.8 Å². The first-order chi connectivity index (χ1) is 8.22. The Morgan fingerprint density at radius 2 is 1.94 bits per heavy atom. The molecule has 4 heteroatoms. The minimum atomic E-state index is 0.622. The van der Waals surface area contributed by atoms with Gasteiger partial charge in [-0.15, -0.1) is 0 Å². The van der Waals surface area contributed by atoms with Gasteiger partial charge in [-0.05, 0) is 26.0 Å². The average Bonchev–Trinajstić information content (AvgIpc) is 2.59. The highest BCUT2D eigenvalue weighted by molar-refractivity contribution is 7.99. The minimum absolute atomic E-state index is 0.622. The Morgan fingerprint density at radius 3 is 2.59 bits per heavy atom. The van der Waals surface area contributed by atoms with Crippen molar-refractivity contribution in [3.05, 3.63) is 41.7 Å². The molecule has 0 radical (unpaired) electrons. The van der Waals surface area contributed by atoms with Gasteiger partial charge in [0.15, 0.2) is 0 Å². The van der Waals surface area contributed by atoms with Crippen molar-refractivity contribution in [2.45, 2.75) is 30.2 Å². The zero-order valence-corrected chi connectivity index (χ0v) is 11.0. The Bertz CT molecular complexity index is 491. The van der Waals surface area contributed by atoms with Crippen LogP contribution in [0.5, 0.6) is 0 Å². The van der Waals surface area contributed by atoms with E-state index in [-0.39, 0.29) is 0 Å². The molecule has 90 valence electrons. The van der Waals surface area contributed by atoms with Crippen LogP contribution in [0.15, 0.2) is 40.1 Å². The molecular formula is C13H17N3S. The molecule has 2 N–H and O–H groups in total. The van der Waals surface area contributed by atoms with E-state index >= 15 is 0 Å². The van der Waals surface area contributed by atoms with E-state index in [4.69, 9.17) is 5.73 Å². The van der Waals surface area contributed by atoms with Crippen LogP contribution < -0.4 is 5.73 Å². The third-order valence-corrected chi connectivity index (χ3v) is 3.92. The normalized spacial score (nSPS) is 10.8. The maximum absolute atomic E-state index is 5.57. The van der Waals surface area contributed by atoms with Crippen LogP contribution in [0.4, 0.5) is 0 Å². The molecule has 0 spiro atoms. The van der Waals surface area contributed by atoms with Crippen LogP contribution in [0.1, 0.15) is 11.4 Å². The Kier molecular flexibility index (Phi) is 3.86. The molecule has 1 aromatic carbocycles. The number of hydrogen-bond acceptors (Lipinski definition) is 3. The van der Waals surface area contributed by atoms with Crippen molar-refractivity contribution < 1.29 is 0 Å². The molecule has 1 aromatic heterocycles. The molecule has 2 aromatic rings. The lowest BCUT2D eigenvalue weighted by atomic mass is 10.4. The number of nitrogens with two attached hydrogens (primary N) is 1. The van der Waals surface area contributed by atoms with Gasteiger partial charge in [0.1, 0.15) is 0 Å². The van der Waals surface area contributed by atoms with E-state index < -0.39 is 0 Å². The first kappa shape index (κ1) is 12.2. The second kappa shape index (κ2) is 5.38. The third-order valence-electron chi connectivity index (χ3n) is 2.62. The van der Waals surface area contributed by atoms with Gasteiger partial charge in [-0.25, -0.2) is 0 Å². The zero-order chi connectivity index (χ0) is 12.3. The van der Waals surface area contributed by atoms with Crippen molar-refractivity contribution in [2.24, 2.45) is 5.73 Å². The van der Waals surface area contributed by atoms with Crippen LogP contribution in [-0.2, 0) is 6.54 Å². The molecule has 0 saturated carbocycles. The molecule has 3 nitrogen and oxygen atoms in total. The molecule has 0 unspecified atom stereocenters. The lowest BCUT2D eigenvalue weighted by Gasteiger charge is -2.03. The second-order valence-corrected chi connectivity index (χ2v) is 5.01. The van der Waals surface area contributed by atoms with Gasteiger partial charge in [0, 0.05) is 17.1 Å². The predicted octanol–water partition coefficient (Wildman–Crippen LogP) is 2.61. The summed E-state index contributed by atoms with van der Waals surface area (Å²) in [4.78, 5) is 2.48. The molecule has 0 aliphatic carbocycles. The van der Waals surface area contributed by atoms with E-state index in [1.807, 2.05) is 17.7 Å². The van der Waals surface area contributed by atoms with Crippen molar-refractivity contribution in [1.29, 1.82) is 0 Å². The van der Waals surface area contributed by atoms with Crippen LogP contribution in [0.25, 0.3) is 0 Å². The summed E-state index contributed by atoms with van der Waals surface area (Å²) in [6, 6.07) is 10.4. The Balaban J connectivity index is 2.27. The lowest BCUT2D eigenvalue weighted by Crippen LogP contribution is -2.12. The lowest BCUT2D eigenvalue weighted by molar-refractivity contribution is 0.602. The highest BCUT2D eigenvalue weighted by atomic mass is 32.2. The van der Waals surface area contributed by atoms with Crippen molar-refractivity contribution in [3.63, 3.8) is 0 Å². The summed E-state index contributed by atoms with van der Waals surface area (Å²) in [6.07, 6.45) is 0. The van der Waals surface area contributed by atoms with Crippen LogP contribution in [-0.4, -0.2) is 16.3 Å². The standard InChI is InChI=1S/C13H17N3S/c1-10-13(11(2)16(15-10)9-8-14)17-12-6-4-3-5-7-12/h3-7H,8-9,14H2,1-2H3. The Morgan fingerprint density at radius 1 is 1.24 bits per heavy atom. The van der Waals surface area contributed by atoms with E-state index in [0.29, 0.717) is 6.54 Å².